The van der Waals surface area contributed by atoms with Gasteiger partial charge in [0.1, 0.15) is 5.01 Å². The third kappa shape index (κ3) is 4.65. The molecule has 2 N–H and O–H groups in total. The van der Waals surface area contributed by atoms with Crippen molar-refractivity contribution in [3.63, 3.8) is 0 Å². The number of thiazole rings is 1. The van der Waals surface area contributed by atoms with Crippen molar-refractivity contribution in [1.29, 1.82) is 0 Å². The Balaban J connectivity index is 1.48. The van der Waals surface area contributed by atoms with Crippen LogP contribution in [0.5, 0.6) is 0 Å². The number of hydrogen-bond acceptors (Lipinski definition) is 4. The van der Waals surface area contributed by atoms with Crippen LogP contribution in [0.2, 0.25) is 0 Å². The fraction of sp³-hybridized carbons (Fsp3) is 0.269. The summed E-state index contributed by atoms with van der Waals surface area (Å²) < 4.78 is 0. The minimum Gasteiger partial charge on any atom is -0.478 e. The maximum Gasteiger partial charge on any atom is 0.335 e. The average molecular weight is 447 g/mol. The molecule has 0 aliphatic heterocycles. The van der Waals surface area contributed by atoms with E-state index in [1.807, 2.05) is 36.4 Å². The maximum absolute atomic E-state index is 13.1. The van der Waals surface area contributed by atoms with Crippen LogP contribution in [0.4, 0.5) is 5.69 Å². The lowest BCUT2D eigenvalue weighted by molar-refractivity contribution is -0.120. The van der Waals surface area contributed by atoms with Gasteiger partial charge in [0.15, 0.2) is 0 Å². The minimum absolute atomic E-state index is 0.133. The fourth-order valence-corrected chi connectivity index (χ4v) is 4.57. The van der Waals surface area contributed by atoms with E-state index >= 15 is 0 Å². The standard InChI is InChI=1S/C26H26N2O3S/c1-26(2,21-12-4-3-11-20(21)24(29)30)25(31)27-19-10-5-7-17(15-19)13-14-23-28-22(16-32-23)18-8-6-9-18/h3-5,7,10-16,18H,6,8-9H2,1-2H3,(H,27,31)(H,29,30). The summed E-state index contributed by atoms with van der Waals surface area (Å²) in [5, 5.41) is 15.6. The van der Waals surface area contributed by atoms with E-state index < -0.39 is 11.4 Å². The number of carboxylic acids is 1. The molecule has 4 rings (SSSR count). The molecular weight excluding hydrogens is 420 g/mol. The van der Waals surface area contributed by atoms with Gasteiger partial charge in [-0.05, 0) is 62.1 Å². The number of hydrogen-bond donors (Lipinski definition) is 2. The molecule has 0 radical (unpaired) electrons. The number of anilines is 1. The predicted octanol–water partition coefficient (Wildman–Crippen LogP) is 6.20. The topological polar surface area (TPSA) is 79.3 Å². The Morgan fingerprint density at radius 3 is 2.62 bits per heavy atom. The highest BCUT2D eigenvalue weighted by atomic mass is 32.1. The first-order valence-electron chi connectivity index (χ1n) is 10.7. The zero-order valence-electron chi connectivity index (χ0n) is 18.2. The monoisotopic (exact) mass is 446 g/mol. The number of nitrogens with zero attached hydrogens (tertiary/aromatic N) is 1. The van der Waals surface area contributed by atoms with Gasteiger partial charge in [0.05, 0.1) is 16.7 Å². The molecule has 1 saturated carbocycles. The van der Waals surface area contributed by atoms with Crippen molar-refractivity contribution in [3.05, 3.63) is 81.3 Å². The zero-order valence-corrected chi connectivity index (χ0v) is 19.0. The van der Waals surface area contributed by atoms with Crippen molar-refractivity contribution < 1.29 is 14.7 Å². The summed E-state index contributed by atoms with van der Waals surface area (Å²) in [6, 6.07) is 14.2. The molecule has 1 amide bonds. The van der Waals surface area contributed by atoms with Gasteiger partial charge in [-0.1, -0.05) is 42.8 Å². The molecule has 32 heavy (non-hydrogen) atoms. The van der Waals surface area contributed by atoms with E-state index in [-0.39, 0.29) is 11.5 Å². The number of carbonyl (C=O) groups excluding carboxylic acids is 1. The lowest BCUT2D eigenvalue weighted by Gasteiger charge is -2.25. The van der Waals surface area contributed by atoms with Crippen molar-refractivity contribution in [2.24, 2.45) is 0 Å². The van der Waals surface area contributed by atoms with Crippen LogP contribution in [0, 0.1) is 0 Å². The summed E-state index contributed by atoms with van der Waals surface area (Å²) in [5.41, 5.74) is 2.41. The van der Waals surface area contributed by atoms with Crippen molar-refractivity contribution >= 4 is 41.1 Å². The maximum atomic E-state index is 13.1. The Morgan fingerprint density at radius 1 is 1.12 bits per heavy atom. The second kappa shape index (κ2) is 9.09. The van der Waals surface area contributed by atoms with Crippen LogP contribution in [0.1, 0.15) is 71.2 Å². The molecular formula is C26H26N2O3S. The number of carbonyl (C=O) groups is 2. The molecule has 2 aromatic carbocycles. The first kappa shape index (κ1) is 22.0. The summed E-state index contributed by atoms with van der Waals surface area (Å²) in [6.45, 7) is 3.46. The number of aromatic nitrogens is 1. The highest BCUT2D eigenvalue weighted by Gasteiger charge is 2.33. The normalized spacial score (nSPS) is 14.3. The van der Waals surface area contributed by atoms with Gasteiger partial charge in [0.25, 0.3) is 0 Å². The Kier molecular flexibility index (Phi) is 6.24. The molecule has 5 nitrogen and oxygen atoms in total. The molecule has 1 heterocycles. The number of nitrogens with one attached hydrogen (secondary N) is 1. The number of benzene rings is 2. The second-order valence-electron chi connectivity index (χ2n) is 8.63. The van der Waals surface area contributed by atoms with Crippen molar-refractivity contribution in [3.8, 4) is 0 Å². The lowest BCUT2D eigenvalue weighted by Crippen LogP contribution is -2.36. The van der Waals surface area contributed by atoms with Gasteiger partial charge in [-0.15, -0.1) is 11.3 Å². The molecule has 0 bridgehead atoms. The van der Waals surface area contributed by atoms with Gasteiger partial charge in [-0.2, -0.15) is 0 Å². The average Bonchev–Trinajstić information content (AvgIpc) is 3.19. The largest absolute Gasteiger partial charge is 0.478 e. The summed E-state index contributed by atoms with van der Waals surface area (Å²) in [5.74, 6) is -0.685. The number of carboxylic acid groups (broad SMARTS) is 1. The second-order valence-corrected chi connectivity index (χ2v) is 9.52. The van der Waals surface area contributed by atoms with E-state index in [0.717, 1.165) is 10.6 Å². The van der Waals surface area contributed by atoms with Crippen LogP contribution in [0.25, 0.3) is 12.2 Å². The predicted molar refractivity (Wildman–Crippen MR) is 129 cm³/mol. The van der Waals surface area contributed by atoms with E-state index in [4.69, 9.17) is 4.98 Å². The third-order valence-electron chi connectivity index (χ3n) is 6.02. The first-order chi connectivity index (χ1) is 15.3. The van der Waals surface area contributed by atoms with Crippen LogP contribution < -0.4 is 5.32 Å². The Labute approximate surface area is 191 Å². The van der Waals surface area contributed by atoms with Crippen molar-refractivity contribution in [1.82, 2.24) is 4.98 Å². The Morgan fingerprint density at radius 2 is 1.91 bits per heavy atom. The molecule has 1 aliphatic carbocycles. The Bertz CT molecular complexity index is 1180. The van der Waals surface area contributed by atoms with Crippen LogP contribution in [-0.2, 0) is 10.2 Å². The molecule has 1 aromatic heterocycles. The van der Waals surface area contributed by atoms with Gasteiger partial charge in [-0.25, -0.2) is 9.78 Å². The summed E-state index contributed by atoms with van der Waals surface area (Å²) in [6.07, 6.45) is 7.76. The van der Waals surface area contributed by atoms with Crippen LogP contribution in [0.3, 0.4) is 0 Å². The smallest absolute Gasteiger partial charge is 0.335 e. The zero-order chi connectivity index (χ0) is 22.7. The van der Waals surface area contributed by atoms with Gasteiger partial charge >= 0.3 is 5.97 Å². The fourth-order valence-electron chi connectivity index (χ4n) is 3.78. The molecule has 1 fully saturated rings. The number of rotatable bonds is 7. The highest BCUT2D eigenvalue weighted by Crippen LogP contribution is 2.36. The molecule has 164 valence electrons. The van der Waals surface area contributed by atoms with Gasteiger partial charge in [0, 0.05) is 17.0 Å². The third-order valence-corrected chi connectivity index (χ3v) is 6.85. The van der Waals surface area contributed by atoms with Gasteiger partial charge < -0.3 is 10.4 Å². The van der Waals surface area contributed by atoms with E-state index in [1.165, 1.54) is 31.0 Å². The number of amides is 1. The molecule has 0 spiro atoms. The van der Waals surface area contributed by atoms with E-state index in [2.05, 4.69) is 10.7 Å². The first-order valence-corrected chi connectivity index (χ1v) is 11.6. The van der Waals surface area contributed by atoms with Gasteiger partial charge in [0.2, 0.25) is 5.91 Å². The van der Waals surface area contributed by atoms with E-state index in [9.17, 15) is 14.7 Å². The summed E-state index contributed by atoms with van der Waals surface area (Å²) in [4.78, 5) is 29.4. The summed E-state index contributed by atoms with van der Waals surface area (Å²) >= 11 is 1.65. The lowest BCUT2D eigenvalue weighted by atomic mass is 9.80. The van der Waals surface area contributed by atoms with E-state index in [0.29, 0.717) is 17.2 Å². The van der Waals surface area contributed by atoms with Crippen LogP contribution in [-0.4, -0.2) is 22.0 Å². The molecule has 3 aromatic rings. The summed E-state index contributed by atoms with van der Waals surface area (Å²) in [7, 11) is 0. The Hall–Kier alpha value is -3.25. The van der Waals surface area contributed by atoms with Crippen molar-refractivity contribution in [2.75, 3.05) is 5.32 Å². The molecule has 0 saturated heterocycles. The number of aromatic carboxylic acids is 1. The minimum atomic E-state index is -1.05. The molecule has 0 unspecified atom stereocenters. The molecule has 6 heteroatoms. The quantitative estimate of drug-likeness (QED) is 0.453. The van der Waals surface area contributed by atoms with Crippen molar-refractivity contribution in [2.45, 2.75) is 44.4 Å². The van der Waals surface area contributed by atoms with Gasteiger partial charge in [-0.3, -0.25) is 4.79 Å². The SMILES string of the molecule is CC(C)(C(=O)Nc1cccc(C=Cc2nc(C3CCC3)cs2)c1)c1ccccc1C(=O)O. The van der Waals surface area contributed by atoms with Crippen LogP contribution >= 0.6 is 11.3 Å². The molecule has 0 atom stereocenters. The van der Waals surface area contributed by atoms with Crippen LogP contribution in [0.15, 0.2) is 53.9 Å². The molecule has 1 aliphatic rings. The van der Waals surface area contributed by atoms with E-state index in [1.54, 1.807) is 43.4 Å². The highest BCUT2D eigenvalue weighted by molar-refractivity contribution is 7.10.